The zero-order valence-electron chi connectivity index (χ0n) is 15.0. The number of allylic oxidation sites excluding steroid dienone is 1. The Hall–Kier alpha value is -3.25. The normalized spacial score (nSPS) is 10.6. The molecule has 4 N–H and O–H groups in total. The number of carboxylic acids is 2. The van der Waals surface area contributed by atoms with Gasteiger partial charge < -0.3 is 15.9 Å². The minimum absolute atomic E-state index is 0.0572. The van der Waals surface area contributed by atoms with E-state index in [1.807, 2.05) is 31.2 Å². The van der Waals surface area contributed by atoms with Crippen molar-refractivity contribution in [3.8, 4) is 11.1 Å². The average Bonchev–Trinajstić information content (AvgIpc) is 2.63. The molecule has 0 amide bonds. The molecule has 2 aromatic rings. The fourth-order valence-corrected chi connectivity index (χ4v) is 2.36. The second kappa shape index (κ2) is 10.7. The molecule has 0 fully saturated rings. The van der Waals surface area contributed by atoms with E-state index in [4.69, 9.17) is 15.9 Å². The summed E-state index contributed by atoms with van der Waals surface area (Å²) in [6.45, 7) is 5.73. The molecule has 0 saturated heterocycles. The number of rotatable bonds is 6. The molecule has 0 aliphatic carbocycles. The lowest BCUT2D eigenvalue weighted by Gasteiger charge is -2.10. The summed E-state index contributed by atoms with van der Waals surface area (Å²) in [5.41, 5.74) is 9.54. The Balaban J connectivity index is 0.000000293. The zero-order chi connectivity index (χ0) is 20.4. The van der Waals surface area contributed by atoms with Crippen LogP contribution in [-0.2, 0) is 16.1 Å². The Kier molecular flexibility index (Phi) is 8.62. The van der Waals surface area contributed by atoms with E-state index in [1.165, 1.54) is 12.1 Å². The Morgan fingerprint density at radius 3 is 2.37 bits per heavy atom. The first kappa shape index (κ1) is 21.8. The van der Waals surface area contributed by atoms with Gasteiger partial charge in [-0.3, -0.25) is 0 Å². The van der Waals surface area contributed by atoms with Crippen molar-refractivity contribution in [2.45, 2.75) is 19.9 Å². The van der Waals surface area contributed by atoms with Crippen LogP contribution in [0.15, 0.2) is 66.8 Å². The quantitative estimate of drug-likeness (QED) is 0.528. The highest BCUT2D eigenvalue weighted by molar-refractivity contribution is 5.94. The molecular formula is C21H22FNO4. The third-order valence-corrected chi connectivity index (χ3v) is 3.66. The van der Waals surface area contributed by atoms with Gasteiger partial charge in [-0.1, -0.05) is 36.4 Å². The summed E-state index contributed by atoms with van der Waals surface area (Å²) in [4.78, 5) is 20.3. The monoisotopic (exact) mass is 371 g/mol. The van der Waals surface area contributed by atoms with Crippen LogP contribution >= 0.6 is 0 Å². The first-order chi connectivity index (χ1) is 12.8. The summed E-state index contributed by atoms with van der Waals surface area (Å²) in [7, 11) is 0. The number of hydrogen-bond acceptors (Lipinski definition) is 3. The van der Waals surface area contributed by atoms with Gasteiger partial charge in [-0.25, -0.2) is 14.0 Å². The first-order valence-electron chi connectivity index (χ1n) is 8.12. The summed E-state index contributed by atoms with van der Waals surface area (Å²) in [6, 6.07) is 12.7. The van der Waals surface area contributed by atoms with Crippen LogP contribution in [0, 0.1) is 12.7 Å². The van der Waals surface area contributed by atoms with Gasteiger partial charge in [-0.15, -0.1) is 6.58 Å². The minimum Gasteiger partial charge on any atom is -0.478 e. The zero-order valence-corrected chi connectivity index (χ0v) is 15.0. The van der Waals surface area contributed by atoms with E-state index >= 15 is 0 Å². The fourth-order valence-electron chi connectivity index (χ4n) is 2.36. The molecule has 5 nitrogen and oxygen atoms in total. The first-order valence-corrected chi connectivity index (χ1v) is 8.12. The molecule has 2 aromatic carbocycles. The van der Waals surface area contributed by atoms with E-state index in [0.717, 1.165) is 22.3 Å². The highest BCUT2D eigenvalue weighted by Gasteiger charge is 2.07. The summed E-state index contributed by atoms with van der Waals surface area (Å²) < 4.78 is 13.2. The molecular weight excluding hydrogens is 349 g/mol. The molecule has 0 spiro atoms. The van der Waals surface area contributed by atoms with Gasteiger partial charge in [0.25, 0.3) is 0 Å². The molecule has 0 unspecified atom stereocenters. The van der Waals surface area contributed by atoms with E-state index < -0.39 is 11.9 Å². The lowest BCUT2D eigenvalue weighted by atomic mass is 9.96. The molecule has 0 aromatic heterocycles. The van der Waals surface area contributed by atoms with Crippen LogP contribution in [-0.4, -0.2) is 22.2 Å². The number of aryl methyl sites for hydroxylation is 1. The van der Waals surface area contributed by atoms with E-state index in [1.54, 1.807) is 12.1 Å². The summed E-state index contributed by atoms with van der Waals surface area (Å²) in [5.74, 6) is -2.70. The van der Waals surface area contributed by atoms with Crippen LogP contribution in [0.2, 0.25) is 0 Å². The molecule has 142 valence electrons. The van der Waals surface area contributed by atoms with Gasteiger partial charge in [0, 0.05) is 18.2 Å². The van der Waals surface area contributed by atoms with Crippen LogP contribution in [0.5, 0.6) is 0 Å². The smallest absolute Gasteiger partial charge is 0.332 e. The van der Waals surface area contributed by atoms with Gasteiger partial charge in [0.2, 0.25) is 0 Å². The largest absolute Gasteiger partial charge is 0.478 e. The molecule has 0 atom stereocenters. The van der Waals surface area contributed by atoms with Crippen molar-refractivity contribution in [2.75, 3.05) is 0 Å². The van der Waals surface area contributed by atoms with Crippen LogP contribution < -0.4 is 5.73 Å². The lowest BCUT2D eigenvalue weighted by Crippen LogP contribution is -2.02. The summed E-state index contributed by atoms with van der Waals surface area (Å²) in [5, 5.41) is 16.6. The highest BCUT2D eigenvalue weighted by Crippen LogP contribution is 2.27. The molecule has 0 bridgehead atoms. The number of hydrogen-bond donors (Lipinski definition) is 3. The van der Waals surface area contributed by atoms with E-state index in [2.05, 4.69) is 6.58 Å². The number of halogens is 1. The Morgan fingerprint density at radius 1 is 1.15 bits per heavy atom. The van der Waals surface area contributed by atoms with Gasteiger partial charge in [0.15, 0.2) is 0 Å². The predicted molar refractivity (Wildman–Crippen MR) is 103 cm³/mol. The number of aliphatic carboxylic acids is 2. The molecule has 0 saturated carbocycles. The topological polar surface area (TPSA) is 101 Å². The maximum atomic E-state index is 13.2. The molecule has 0 aliphatic rings. The molecule has 27 heavy (non-hydrogen) atoms. The third-order valence-electron chi connectivity index (χ3n) is 3.66. The Morgan fingerprint density at radius 2 is 1.81 bits per heavy atom. The van der Waals surface area contributed by atoms with Crippen molar-refractivity contribution in [3.05, 3.63) is 83.7 Å². The van der Waals surface area contributed by atoms with Gasteiger partial charge >= 0.3 is 11.9 Å². The van der Waals surface area contributed by atoms with E-state index in [9.17, 15) is 14.0 Å². The van der Waals surface area contributed by atoms with Crippen molar-refractivity contribution in [1.82, 2.24) is 0 Å². The minimum atomic E-state index is -1.26. The summed E-state index contributed by atoms with van der Waals surface area (Å²) >= 11 is 0. The maximum absolute atomic E-state index is 13.2. The number of carboxylic acid groups (broad SMARTS) is 2. The van der Waals surface area contributed by atoms with Gasteiger partial charge in [0.05, 0.1) is 0 Å². The molecule has 0 heterocycles. The third kappa shape index (κ3) is 6.87. The fraction of sp³-hybridized carbons (Fsp3) is 0.143. The van der Waals surface area contributed by atoms with Crippen molar-refractivity contribution in [2.24, 2.45) is 5.73 Å². The predicted octanol–water partition coefficient (Wildman–Crippen LogP) is 3.92. The number of carbonyl (C=O) groups is 2. The lowest BCUT2D eigenvalue weighted by molar-refractivity contribution is -0.135. The SMILES string of the molecule is C=CC/C(=C\C(=O)O)C(=O)O.Cc1ccc(F)cc1-c1ccccc1CN. The number of nitrogens with two attached hydrogens (primary N) is 1. The molecule has 0 radical (unpaired) electrons. The van der Waals surface area contributed by atoms with Gasteiger partial charge in [-0.2, -0.15) is 0 Å². The highest BCUT2D eigenvalue weighted by atomic mass is 19.1. The van der Waals surface area contributed by atoms with Gasteiger partial charge in [0.1, 0.15) is 5.82 Å². The van der Waals surface area contributed by atoms with E-state index in [0.29, 0.717) is 12.6 Å². The Labute approximate surface area is 157 Å². The number of benzene rings is 2. The van der Waals surface area contributed by atoms with Gasteiger partial charge in [-0.05, 0) is 47.7 Å². The van der Waals surface area contributed by atoms with Crippen molar-refractivity contribution in [1.29, 1.82) is 0 Å². The van der Waals surface area contributed by atoms with Crippen LogP contribution in [0.25, 0.3) is 11.1 Å². The van der Waals surface area contributed by atoms with Crippen molar-refractivity contribution >= 4 is 11.9 Å². The average molecular weight is 371 g/mol. The van der Waals surface area contributed by atoms with Crippen molar-refractivity contribution in [3.63, 3.8) is 0 Å². The summed E-state index contributed by atoms with van der Waals surface area (Å²) in [6.07, 6.45) is 2.05. The molecule has 2 rings (SSSR count). The van der Waals surface area contributed by atoms with Crippen LogP contribution in [0.1, 0.15) is 17.5 Å². The van der Waals surface area contributed by atoms with E-state index in [-0.39, 0.29) is 17.8 Å². The van der Waals surface area contributed by atoms with Crippen LogP contribution in [0.3, 0.4) is 0 Å². The standard InChI is InChI=1S/C14H14FN.C7H8O4/c1-10-6-7-12(15)8-14(10)13-5-3-2-4-11(13)9-16;1-2-3-5(7(10)11)4-6(8)9/h2-8H,9,16H2,1H3;2,4H,1,3H2,(H,8,9)(H,10,11)/b;5-4+. The maximum Gasteiger partial charge on any atom is 0.332 e. The second-order valence-corrected chi connectivity index (χ2v) is 5.63. The van der Waals surface area contributed by atoms with Crippen molar-refractivity contribution < 1.29 is 24.2 Å². The van der Waals surface area contributed by atoms with Crippen LogP contribution in [0.4, 0.5) is 4.39 Å². The Bertz CT molecular complexity index is 859. The second-order valence-electron chi connectivity index (χ2n) is 5.63. The molecule has 6 heteroatoms. The molecule has 0 aliphatic heterocycles.